The standard InChI is InChI=1S/C17H16FN3O2/c1-2-14(17(20)22)21-12-7-8-16(13(18)9-12)23-15-6-4-3-5-11(15)10-19/h3-9,14,21H,2H2,1H3,(H2,20,22)/t14-/m0/s1. The number of benzene rings is 2. The van der Waals surface area contributed by atoms with Gasteiger partial charge >= 0.3 is 0 Å². The van der Waals surface area contributed by atoms with E-state index in [0.29, 0.717) is 17.7 Å². The molecule has 2 aromatic carbocycles. The Morgan fingerprint density at radius 1 is 1.35 bits per heavy atom. The molecule has 0 aliphatic rings. The van der Waals surface area contributed by atoms with Gasteiger partial charge in [0.15, 0.2) is 11.6 Å². The lowest BCUT2D eigenvalue weighted by Gasteiger charge is -2.15. The van der Waals surface area contributed by atoms with Crippen LogP contribution in [0.4, 0.5) is 10.1 Å². The molecule has 0 aliphatic carbocycles. The SMILES string of the molecule is CC[C@H](Nc1ccc(Oc2ccccc2C#N)c(F)c1)C(N)=O. The summed E-state index contributed by atoms with van der Waals surface area (Å²) >= 11 is 0. The van der Waals surface area contributed by atoms with Gasteiger partial charge in [-0.15, -0.1) is 0 Å². The monoisotopic (exact) mass is 313 g/mol. The lowest BCUT2D eigenvalue weighted by molar-refractivity contribution is -0.118. The summed E-state index contributed by atoms with van der Waals surface area (Å²) in [7, 11) is 0. The molecule has 1 atom stereocenters. The average molecular weight is 313 g/mol. The molecule has 0 radical (unpaired) electrons. The molecule has 0 spiro atoms. The number of primary amides is 1. The molecule has 2 rings (SSSR count). The van der Waals surface area contributed by atoms with Crippen molar-refractivity contribution in [3.8, 4) is 17.6 Å². The number of anilines is 1. The number of nitrogens with zero attached hydrogens (tertiary/aromatic N) is 1. The smallest absolute Gasteiger partial charge is 0.239 e. The number of rotatable bonds is 6. The summed E-state index contributed by atoms with van der Waals surface area (Å²) in [5.74, 6) is -0.846. The molecule has 0 bridgehead atoms. The third-order valence-corrected chi connectivity index (χ3v) is 3.25. The first kappa shape index (κ1) is 16.3. The molecule has 118 valence electrons. The van der Waals surface area contributed by atoms with Crippen LogP contribution in [-0.4, -0.2) is 11.9 Å². The number of hydrogen-bond acceptors (Lipinski definition) is 4. The number of para-hydroxylation sites is 1. The predicted octanol–water partition coefficient (Wildman–Crippen LogP) is 3.17. The number of nitrogens with one attached hydrogen (secondary N) is 1. The van der Waals surface area contributed by atoms with E-state index in [1.807, 2.05) is 6.07 Å². The highest BCUT2D eigenvalue weighted by atomic mass is 19.1. The first-order valence-electron chi connectivity index (χ1n) is 7.07. The Bertz CT molecular complexity index is 756. The summed E-state index contributed by atoms with van der Waals surface area (Å²) in [4.78, 5) is 11.2. The summed E-state index contributed by atoms with van der Waals surface area (Å²) in [6.45, 7) is 1.80. The lowest BCUT2D eigenvalue weighted by Crippen LogP contribution is -2.34. The van der Waals surface area contributed by atoms with E-state index in [1.165, 1.54) is 12.1 Å². The molecule has 3 N–H and O–H groups in total. The molecule has 0 fully saturated rings. The maximum absolute atomic E-state index is 14.2. The second-order valence-electron chi connectivity index (χ2n) is 4.86. The number of carbonyl (C=O) groups is 1. The van der Waals surface area contributed by atoms with Gasteiger partial charge in [-0.1, -0.05) is 19.1 Å². The molecule has 0 heterocycles. The second-order valence-corrected chi connectivity index (χ2v) is 4.86. The van der Waals surface area contributed by atoms with E-state index in [-0.39, 0.29) is 11.5 Å². The first-order chi connectivity index (χ1) is 11.0. The Morgan fingerprint density at radius 2 is 2.09 bits per heavy atom. The summed E-state index contributed by atoms with van der Waals surface area (Å²) in [5, 5.41) is 11.9. The van der Waals surface area contributed by atoms with Crippen molar-refractivity contribution in [1.29, 1.82) is 5.26 Å². The molecule has 0 aromatic heterocycles. The van der Waals surface area contributed by atoms with Crippen LogP contribution in [0.25, 0.3) is 0 Å². The van der Waals surface area contributed by atoms with Crippen molar-refractivity contribution in [3.63, 3.8) is 0 Å². The maximum Gasteiger partial charge on any atom is 0.239 e. The largest absolute Gasteiger partial charge is 0.453 e. The third kappa shape index (κ3) is 3.98. The van der Waals surface area contributed by atoms with Crippen molar-refractivity contribution >= 4 is 11.6 Å². The fourth-order valence-electron chi connectivity index (χ4n) is 2.02. The molecular weight excluding hydrogens is 297 g/mol. The zero-order valence-corrected chi connectivity index (χ0v) is 12.5. The van der Waals surface area contributed by atoms with Crippen LogP contribution >= 0.6 is 0 Å². The Kier molecular flexibility index (Phi) is 5.15. The zero-order valence-electron chi connectivity index (χ0n) is 12.5. The van der Waals surface area contributed by atoms with Gasteiger partial charge in [0.1, 0.15) is 17.9 Å². The van der Waals surface area contributed by atoms with Gasteiger partial charge in [-0.25, -0.2) is 4.39 Å². The van der Waals surface area contributed by atoms with E-state index >= 15 is 0 Å². The van der Waals surface area contributed by atoms with Crippen molar-refractivity contribution in [2.75, 3.05) is 5.32 Å². The molecule has 5 nitrogen and oxygen atoms in total. The van der Waals surface area contributed by atoms with E-state index in [4.69, 9.17) is 15.7 Å². The van der Waals surface area contributed by atoms with Crippen LogP contribution in [0.3, 0.4) is 0 Å². The fraction of sp³-hybridized carbons (Fsp3) is 0.176. The topological polar surface area (TPSA) is 88.1 Å². The van der Waals surface area contributed by atoms with Crippen molar-refractivity contribution < 1.29 is 13.9 Å². The van der Waals surface area contributed by atoms with Crippen LogP contribution < -0.4 is 15.8 Å². The normalized spacial score (nSPS) is 11.3. The van der Waals surface area contributed by atoms with E-state index in [2.05, 4.69) is 5.32 Å². The number of carbonyl (C=O) groups excluding carboxylic acids is 1. The van der Waals surface area contributed by atoms with Crippen LogP contribution in [0.15, 0.2) is 42.5 Å². The van der Waals surface area contributed by atoms with Crippen molar-refractivity contribution in [1.82, 2.24) is 0 Å². The van der Waals surface area contributed by atoms with Gasteiger partial charge in [0.25, 0.3) is 0 Å². The summed E-state index contributed by atoms with van der Waals surface area (Å²) in [6.07, 6.45) is 0.491. The van der Waals surface area contributed by atoms with Crippen molar-refractivity contribution in [3.05, 3.63) is 53.8 Å². The highest BCUT2D eigenvalue weighted by molar-refractivity contribution is 5.82. The van der Waals surface area contributed by atoms with Gasteiger partial charge in [0.05, 0.1) is 5.56 Å². The third-order valence-electron chi connectivity index (χ3n) is 3.25. The molecule has 23 heavy (non-hydrogen) atoms. The van der Waals surface area contributed by atoms with Crippen molar-refractivity contribution in [2.45, 2.75) is 19.4 Å². The van der Waals surface area contributed by atoms with E-state index in [0.717, 1.165) is 0 Å². The van der Waals surface area contributed by atoms with E-state index in [1.54, 1.807) is 37.3 Å². The Hall–Kier alpha value is -3.07. The lowest BCUT2D eigenvalue weighted by atomic mass is 10.2. The molecule has 0 saturated heterocycles. The van der Waals surface area contributed by atoms with Gasteiger partial charge in [-0.05, 0) is 30.7 Å². The summed E-state index contributed by atoms with van der Waals surface area (Å²) in [5.41, 5.74) is 5.99. The molecule has 1 amide bonds. The van der Waals surface area contributed by atoms with Crippen LogP contribution in [0.1, 0.15) is 18.9 Å². The van der Waals surface area contributed by atoms with Gasteiger partial charge in [0.2, 0.25) is 5.91 Å². The Labute approximate surface area is 133 Å². The molecule has 0 unspecified atom stereocenters. The number of hydrogen-bond donors (Lipinski definition) is 2. The van der Waals surface area contributed by atoms with Crippen LogP contribution in [0.2, 0.25) is 0 Å². The Balaban J connectivity index is 2.20. The quantitative estimate of drug-likeness (QED) is 0.857. The number of nitrogens with two attached hydrogens (primary N) is 1. The molecular formula is C17H16FN3O2. The van der Waals surface area contributed by atoms with Gasteiger partial charge < -0.3 is 15.8 Å². The molecule has 2 aromatic rings. The van der Waals surface area contributed by atoms with Crippen LogP contribution in [-0.2, 0) is 4.79 Å². The van der Waals surface area contributed by atoms with Gasteiger partial charge in [-0.3, -0.25) is 4.79 Å². The minimum Gasteiger partial charge on any atom is -0.453 e. The number of nitriles is 1. The van der Waals surface area contributed by atoms with E-state index < -0.39 is 17.8 Å². The maximum atomic E-state index is 14.2. The van der Waals surface area contributed by atoms with Crippen LogP contribution in [0.5, 0.6) is 11.5 Å². The predicted molar refractivity (Wildman–Crippen MR) is 84.5 cm³/mol. The summed E-state index contributed by atoms with van der Waals surface area (Å²) in [6, 6.07) is 12.2. The average Bonchev–Trinajstić information content (AvgIpc) is 2.55. The fourth-order valence-corrected chi connectivity index (χ4v) is 2.02. The van der Waals surface area contributed by atoms with Crippen molar-refractivity contribution in [2.24, 2.45) is 5.73 Å². The second kappa shape index (κ2) is 7.27. The van der Waals surface area contributed by atoms with Gasteiger partial charge in [-0.2, -0.15) is 5.26 Å². The Morgan fingerprint density at radius 3 is 2.70 bits per heavy atom. The molecule has 0 saturated carbocycles. The highest BCUT2D eigenvalue weighted by Gasteiger charge is 2.14. The number of amides is 1. The first-order valence-corrected chi connectivity index (χ1v) is 7.07. The van der Waals surface area contributed by atoms with Crippen LogP contribution in [0, 0.1) is 17.1 Å². The number of halogens is 1. The molecule has 0 aliphatic heterocycles. The minimum absolute atomic E-state index is 0.00891. The minimum atomic E-state index is -0.609. The van der Waals surface area contributed by atoms with Gasteiger partial charge in [0, 0.05) is 11.8 Å². The molecule has 6 heteroatoms. The van der Waals surface area contributed by atoms with E-state index in [9.17, 15) is 9.18 Å². The zero-order chi connectivity index (χ0) is 16.8. The highest BCUT2D eigenvalue weighted by Crippen LogP contribution is 2.29. The number of ether oxygens (including phenoxy) is 1. The summed E-state index contributed by atoms with van der Waals surface area (Å²) < 4.78 is 19.6.